The Balaban J connectivity index is 0.000000231. The van der Waals surface area contributed by atoms with E-state index in [1.165, 1.54) is 6.33 Å². The Morgan fingerprint density at radius 1 is 1.00 bits per heavy atom. The molecule has 2 aromatic heterocycles. The van der Waals surface area contributed by atoms with Crippen LogP contribution in [0.4, 0.5) is 11.6 Å². The molecule has 0 spiro atoms. The Bertz CT molecular complexity index is 1340. The quantitative estimate of drug-likeness (QED) is 0.205. The number of anilines is 2. The Morgan fingerprint density at radius 3 is 2.35 bits per heavy atom. The number of nitrogen functional groups attached to an aromatic ring is 1. The van der Waals surface area contributed by atoms with E-state index in [1.807, 2.05) is 74.6 Å². The Kier molecular flexibility index (Phi) is 9.18. The molecule has 0 saturated heterocycles. The van der Waals surface area contributed by atoms with Crippen LogP contribution in [0.2, 0.25) is 0 Å². The van der Waals surface area contributed by atoms with Gasteiger partial charge in [-0.25, -0.2) is 9.97 Å². The van der Waals surface area contributed by atoms with Gasteiger partial charge in [-0.3, -0.25) is 15.2 Å². The molecule has 0 saturated carbocycles. The SMILES string of the molecule is CNCC(C)(C)Nc1ncnc(N)c1C(=N)c1ccc(C)cc1.O=Cc1cc(-c2ccccc2)ccn1. The lowest BCUT2D eigenvalue weighted by molar-refractivity contribution is 0.111. The number of benzene rings is 2. The number of nitrogens with zero attached hydrogens (tertiary/aromatic N) is 3. The second kappa shape index (κ2) is 12.5. The molecule has 2 heterocycles. The predicted octanol–water partition coefficient (Wildman–Crippen LogP) is 4.75. The summed E-state index contributed by atoms with van der Waals surface area (Å²) in [5.74, 6) is 0.872. The highest BCUT2D eigenvalue weighted by Crippen LogP contribution is 2.24. The second-order valence-electron chi connectivity index (χ2n) is 9.22. The number of hydrogen-bond donors (Lipinski definition) is 4. The Hall–Kier alpha value is -4.43. The Labute approximate surface area is 217 Å². The minimum absolute atomic E-state index is 0.238. The van der Waals surface area contributed by atoms with Gasteiger partial charge in [0.05, 0.1) is 11.3 Å². The number of aryl methyl sites for hydroxylation is 1. The summed E-state index contributed by atoms with van der Waals surface area (Å²) in [4.78, 5) is 22.8. The van der Waals surface area contributed by atoms with E-state index >= 15 is 0 Å². The van der Waals surface area contributed by atoms with Crippen molar-refractivity contribution in [1.29, 1.82) is 5.41 Å². The minimum atomic E-state index is -0.238. The number of nitrogens with two attached hydrogens (primary N) is 1. The minimum Gasteiger partial charge on any atom is -0.383 e. The van der Waals surface area contributed by atoms with Crippen molar-refractivity contribution in [1.82, 2.24) is 20.3 Å². The van der Waals surface area contributed by atoms with E-state index in [0.29, 0.717) is 28.6 Å². The summed E-state index contributed by atoms with van der Waals surface area (Å²) in [5.41, 5.74) is 11.1. The van der Waals surface area contributed by atoms with Crippen molar-refractivity contribution in [2.75, 3.05) is 24.6 Å². The predicted molar refractivity (Wildman–Crippen MR) is 150 cm³/mol. The van der Waals surface area contributed by atoms with Gasteiger partial charge in [0.2, 0.25) is 0 Å². The normalized spacial score (nSPS) is 10.7. The van der Waals surface area contributed by atoms with Gasteiger partial charge in [-0.15, -0.1) is 0 Å². The zero-order valence-electron chi connectivity index (χ0n) is 21.6. The fraction of sp³-hybridized carbons (Fsp3) is 0.207. The number of pyridine rings is 1. The summed E-state index contributed by atoms with van der Waals surface area (Å²) in [7, 11) is 1.90. The smallest absolute Gasteiger partial charge is 0.168 e. The van der Waals surface area contributed by atoms with Crippen LogP contribution in [0, 0.1) is 12.3 Å². The van der Waals surface area contributed by atoms with Crippen LogP contribution in [0.5, 0.6) is 0 Å². The van der Waals surface area contributed by atoms with Crippen molar-refractivity contribution in [3.8, 4) is 11.1 Å². The fourth-order valence-corrected chi connectivity index (χ4v) is 3.73. The number of aromatic nitrogens is 3. The largest absolute Gasteiger partial charge is 0.383 e. The Morgan fingerprint density at radius 2 is 1.70 bits per heavy atom. The van der Waals surface area contributed by atoms with Gasteiger partial charge in [0.15, 0.2) is 6.29 Å². The average molecular weight is 496 g/mol. The molecule has 0 aliphatic carbocycles. The average Bonchev–Trinajstić information content (AvgIpc) is 2.89. The summed E-state index contributed by atoms with van der Waals surface area (Å²) in [6.07, 6.45) is 3.82. The molecule has 2 aromatic carbocycles. The number of rotatable bonds is 8. The van der Waals surface area contributed by atoms with Crippen LogP contribution in [0.1, 0.15) is 41.0 Å². The van der Waals surface area contributed by atoms with Crippen molar-refractivity contribution in [3.63, 3.8) is 0 Å². The fourth-order valence-electron chi connectivity index (χ4n) is 3.73. The van der Waals surface area contributed by atoms with E-state index in [2.05, 4.69) is 39.4 Å². The summed E-state index contributed by atoms with van der Waals surface area (Å²) in [5, 5.41) is 15.0. The highest BCUT2D eigenvalue weighted by Gasteiger charge is 2.22. The van der Waals surface area contributed by atoms with Gasteiger partial charge in [-0.1, -0.05) is 60.2 Å². The molecule has 37 heavy (non-hydrogen) atoms. The topological polar surface area (TPSA) is 130 Å². The molecule has 0 unspecified atom stereocenters. The van der Waals surface area contributed by atoms with Crippen molar-refractivity contribution in [3.05, 3.63) is 102 Å². The number of likely N-dealkylation sites (N-methyl/N-ethyl adjacent to an activating group) is 1. The van der Waals surface area contributed by atoms with E-state index in [9.17, 15) is 4.79 Å². The molecule has 190 valence electrons. The first-order valence-electron chi connectivity index (χ1n) is 11.9. The molecular weight excluding hydrogens is 462 g/mol. The molecule has 0 atom stereocenters. The van der Waals surface area contributed by atoms with Crippen LogP contribution in [0.3, 0.4) is 0 Å². The van der Waals surface area contributed by atoms with Gasteiger partial charge >= 0.3 is 0 Å². The first kappa shape index (κ1) is 27.2. The lowest BCUT2D eigenvalue weighted by Gasteiger charge is -2.28. The van der Waals surface area contributed by atoms with Gasteiger partial charge < -0.3 is 16.4 Å². The summed E-state index contributed by atoms with van der Waals surface area (Å²) in [6, 6.07) is 21.3. The van der Waals surface area contributed by atoms with Crippen LogP contribution < -0.4 is 16.4 Å². The molecule has 4 aromatic rings. The molecule has 0 radical (unpaired) electrons. The van der Waals surface area contributed by atoms with Gasteiger partial charge in [0, 0.05) is 23.8 Å². The van der Waals surface area contributed by atoms with Crippen LogP contribution in [0.25, 0.3) is 11.1 Å². The van der Waals surface area contributed by atoms with Gasteiger partial charge in [-0.2, -0.15) is 0 Å². The van der Waals surface area contributed by atoms with Crippen molar-refractivity contribution >= 4 is 23.6 Å². The maximum absolute atomic E-state index is 10.5. The molecule has 5 N–H and O–H groups in total. The van der Waals surface area contributed by atoms with Crippen molar-refractivity contribution in [2.45, 2.75) is 26.3 Å². The lowest BCUT2D eigenvalue weighted by atomic mass is 10.0. The summed E-state index contributed by atoms with van der Waals surface area (Å²) in [6.45, 7) is 6.87. The first-order chi connectivity index (χ1) is 17.7. The molecule has 8 nitrogen and oxygen atoms in total. The summed E-state index contributed by atoms with van der Waals surface area (Å²) < 4.78 is 0. The van der Waals surface area contributed by atoms with E-state index in [-0.39, 0.29) is 5.54 Å². The van der Waals surface area contributed by atoms with Crippen molar-refractivity contribution in [2.24, 2.45) is 0 Å². The van der Waals surface area contributed by atoms with E-state index in [1.54, 1.807) is 12.3 Å². The number of hydrogen-bond acceptors (Lipinski definition) is 8. The third kappa shape index (κ3) is 7.52. The molecule has 8 heteroatoms. The third-order valence-electron chi connectivity index (χ3n) is 5.55. The van der Waals surface area contributed by atoms with E-state index in [0.717, 1.165) is 35.1 Å². The van der Waals surface area contributed by atoms with Gasteiger partial charge in [0.1, 0.15) is 23.7 Å². The highest BCUT2D eigenvalue weighted by molar-refractivity contribution is 6.16. The number of nitrogens with one attached hydrogen (secondary N) is 3. The maximum Gasteiger partial charge on any atom is 0.168 e. The third-order valence-corrected chi connectivity index (χ3v) is 5.55. The maximum atomic E-state index is 10.5. The van der Waals surface area contributed by atoms with Crippen LogP contribution in [0.15, 0.2) is 79.3 Å². The molecule has 0 aliphatic heterocycles. The zero-order valence-corrected chi connectivity index (χ0v) is 21.6. The van der Waals surface area contributed by atoms with Crippen LogP contribution in [-0.2, 0) is 0 Å². The number of carbonyl (C=O) groups excluding carboxylic acids is 1. The van der Waals surface area contributed by atoms with Gasteiger partial charge in [0.25, 0.3) is 0 Å². The monoisotopic (exact) mass is 495 g/mol. The molecular formula is C29H33N7O. The highest BCUT2D eigenvalue weighted by atomic mass is 16.1. The number of carbonyl (C=O) groups is 1. The van der Waals surface area contributed by atoms with E-state index in [4.69, 9.17) is 11.1 Å². The first-order valence-corrected chi connectivity index (χ1v) is 11.9. The molecule has 0 aliphatic rings. The zero-order chi connectivity index (χ0) is 26.8. The standard InChI is InChI=1S/C17H24N6.C12H9NO/c1-11-5-7-12(8-6-11)14(18)13-15(19)21-10-22-16(13)23-17(2,3)9-20-4;14-9-12-8-11(6-7-13-12)10-4-2-1-3-5-10/h5-8,10,18,20H,9H2,1-4H3,(H3,19,21,22,23);1-9H. The number of aldehydes is 1. The van der Waals surface area contributed by atoms with Gasteiger partial charge in [-0.05, 0) is 51.1 Å². The van der Waals surface area contributed by atoms with Crippen LogP contribution in [-0.4, -0.2) is 46.1 Å². The van der Waals surface area contributed by atoms with Crippen molar-refractivity contribution < 1.29 is 4.79 Å². The second-order valence-corrected chi connectivity index (χ2v) is 9.22. The molecule has 4 rings (SSSR count). The summed E-state index contributed by atoms with van der Waals surface area (Å²) >= 11 is 0. The van der Waals surface area contributed by atoms with E-state index < -0.39 is 0 Å². The molecule has 0 bridgehead atoms. The molecule has 0 amide bonds. The lowest BCUT2D eigenvalue weighted by Crippen LogP contribution is -2.41. The van der Waals surface area contributed by atoms with Crippen LogP contribution >= 0.6 is 0 Å². The molecule has 0 fully saturated rings.